The number of rotatable bonds is 5. The van der Waals surface area contributed by atoms with Crippen molar-refractivity contribution in [1.82, 2.24) is 5.32 Å². The maximum atomic E-state index is 5.17. The van der Waals surface area contributed by atoms with Crippen molar-refractivity contribution in [3.05, 3.63) is 29.8 Å². The van der Waals surface area contributed by atoms with Crippen molar-refractivity contribution >= 4 is 0 Å². The van der Waals surface area contributed by atoms with Crippen LogP contribution in [0.2, 0.25) is 0 Å². The summed E-state index contributed by atoms with van der Waals surface area (Å²) in [7, 11) is 1.71. The molecule has 2 aliphatic carbocycles. The Kier molecular flexibility index (Phi) is 3.55. The van der Waals surface area contributed by atoms with Gasteiger partial charge in [-0.2, -0.15) is 0 Å². The Morgan fingerprint density at radius 1 is 1.17 bits per heavy atom. The molecule has 2 heteroatoms. The van der Waals surface area contributed by atoms with Crippen LogP contribution in [0, 0.1) is 11.8 Å². The van der Waals surface area contributed by atoms with E-state index in [4.69, 9.17) is 4.74 Å². The van der Waals surface area contributed by atoms with Gasteiger partial charge >= 0.3 is 0 Å². The van der Waals surface area contributed by atoms with Crippen molar-refractivity contribution in [1.29, 1.82) is 0 Å². The number of methoxy groups -OCH3 is 1. The fraction of sp³-hybridized carbons (Fsp3) is 0.625. The summed E-state index contributed by atoms with van der Waals surface area (Å²) >= 11 is 0. The molecule has 3 rings (SSSR count). The number of fused-ring (bicyclic) bond motifs is 2. The maximum Gasteiger partial charge on any atom is 0.118 e. The van der Waals surface area contributed by atoms with Gasteiger partial charge in [0, 0.05) is 6.04 Å². The van der Waals surface area contributed by atoms with Gasteiger partial charge in [0.05, 0.1) is 7.11 Å². The lowest BCUT2D eigenvalue weighted by atomic mass is 9.95. The van der Waals surface area contributed by atoms with E-state index in [0.717, 1.165) is 36.6 Å². The molecule has 0 unspecified atom stereocenters. The first-order chi connectivity index (χ1) is 8.85. The van der Waals surface area contributed by atoms with E-state index in [1.807, 2.05) is 12.1 Å². The molecule has 1 aromatic carbocycles. The first kappa shape index (κ1) is 12.0. The highest BCUT2D eigenvalue weighted by Crippen LogP contribution is 2.44. The Morgan fingerprint density at radius 2 is 2.00 bits per heavy atom. The SMILES string of the molecule is COc1ccc(CCN[C@@H]2C[C@H]3CC[C@H]2C3)cc1. The van der Waals surface area contributed by atoms with Crippen LogP contribution in [0.4, 0.5) is 0 Å². The lowest BCUT2D eigenvalue weighted by Gasteiger charge is -2.22. The van der Waals surface area contributed by atoms with Gasteiger partial charge in [-0.25, -0.2) is 0 Å². The molecule has 98 valence electrons. The Hall–Kier alpha value is -1.02. The van der Waals surface area contributed by atoms with E-state index in [2.05, 4.69) is 17.4 Å². The molecular weight excluding hydrogens is 222 g/mol. The fourth-order valence-corrected chi connectivity index (χ4v) is 3.69. The van der Waals surface area contributed by atoms with Gasteiger partial charge in [0.15, 0.2) is 0 Å². The minimum Gasteiger partial charge on any atom is -0.497 e. The van der Waals surface area contributed by atoms with Crippen molar-refractivity contribution in [2.75, 3.05) is 13.7 Å². The summed E-state index contributed by atoms with van der Waals surface area (Å²) in [5.41, 5.74) is 1.39. The molecule has 2 aliphatic rings. The predicted molar refractivity (Wildman–Crippen MR) is 73.9 cm³/mol. The topological polar surface area (TPSA) is 21.3 Å². The van der Waals surface area contributed by atoms with Crippen LogP contribution in [0.1, 0.15) is 31.2 Å². The van der Waals surface area contributed by atoms with Crippen LogP contribution in [0.3, 0.4) is 0 Å². The smallest absolute Gasteiger partial charge is 0.118 e. The van der Waals surface area contributed by atoms with E-state index in [1.165, 1.54) is 31.2 Å². The second-order valence-electron chi connectivity index (χ2n) is 5.83. The van der Waals surface area contributed by atoms with E-state index in [0.29, 0.717) is 0 Å². The third-order valence-corrected chi connectivity index (χ3v) is 4.72. The second-order valence-corrected chi connectivity index (χ2v) is 5.83. The van der Waals surface area contributed by atoms with Gasteiger partial charge in [0.2, 0.25) is 0 Å². The molecular formula is C16H23NO. The summed E-state index contributed by atoms with van der Waals surface area (Å²) in [5.74, 6) is 2.96. The van der Waals surface area contributed by atoms with Gasteiger partial charge in [-0.1, -0.05) is 18.6 Å². The Balaban J connectivity index is 1.44. The molecule has 18 heavy (non-hydrogen) atoms. The first-order valence-electron chi connectivity index (χ1n) is 7.21. The van der Waals surface area contributed by atoms with Crippen LogP contribution >= 0.6 is 0 Å². The molecule has 2 saturated carbocycles. The average Bonchev–Trinajstić information content (AvgIpc) is 3.02. The van der Waals surface area contributed by atoms with Gasteiger partial charge in [0.25, 0.3) is 0 Å². The highest BCUT2D eigenvalue weighted by atomic mass is 16.5. The van der Waals surface area contributed by atoms with Gasteiger partial charge in [-0.05, 0) is 61.8 Å². The molecule has 0 heterocycles. The van der Waals surface area contributed by atoms with Gasteiger partial charge in [-0.15, -0.1) is 0 Å². The zero-order valence-electron chi connectivity index (χ0n) is 11.2. The summed E-state index contributed by atoms with van der Waals surface area (Å²) in [5, 5.41) is 3.76. The Labute approximate surface area is 110 Å². The number of hydrogen-bond donors (Lipinski definition) is 1. The predicted octanol–water partition coefficient (Wildman–Crippen LogP) is 3.02. The standard InChI is InChI=1S/C16H23NO/c1-18-15-6-3-12(4-7-15)8-9-17-16-11-13-2-5-14(16)10-13/h3-4,6-7,13-14,16-17H,2,5,8-11H2,1H3/t13-,14-,16+/m0/s1. The minimum absolute atomic E-state index is 0.807. The highest BCUT2D eigenvalue weighted by Gasteiger charge is 2.38. The monoisotopic (exact) mass is 245 g/mol. The Bertz CT molecular complexity index is 387. The van der Waals surface area contributed by atoms with Crippen LogP contribution < -0.4 is 10.1 Å². The molecule has 2 fully saturated rings. The molecule has 3 atom stereocenters. The third-order valence-electron chi connectivity index (χ3n) is 4.72. The normalized spacial score (nSPS) is 29.7. The Morgan fingerprint density at radius 3 is 2.61 bits per heavy atom. The van der Waals surface area contributed by atoms with Gasteiger partial charge in [-0.3, -0.25) is 0 Å². The summed E-state index contributed by atoms with van der Waals surface area (Å²) in [6.45, 7) is 1.11. The van der Waals surface area contributed by atoms with E-state index in [9.17, 15) is 0 Å². The number of benzene rings is 1. The van der Waals surface area contributed by atoms with Crippen molar-refractivity contribution in [2.45, 2.75) is 38.1 Å². The maximum absolute atomic E-state index is 5.17. The molecule has 1 aromatic rings. The lowest BCUT2D eigenvalue weighted by molar-refractivity contribution is 0.354. The van der Waals surface area contributed by atoms with Crippen LogP contribution in [-0.2, 0) is 6.42 Å². The van der Waals surface area contributed by atoms with Crippen molar-refractivity contribution < 1.29 is 4.74 Å². The molecule has 0 aromatic heterocycles. The minimum atomic E-state index is 0.807. The third kappa shape index (κ3) is 2.54. The van der Waals surface area contributed by atoms with Gasteiger partial charge in [0.1, 0.15) is 5.75 Å². The summed E-state index contributed by atoms with van der Waals surface area (Å²) in [4.78, 5) is 0. The molecule has 2 bridgehead atoms. The number of nitrogens with one attached hydrogen (secondary N) is 1. The molecule has 1 N–H and O–H groups in total. The zero-order chi connectivity index (χ0) is 12.4. The van der Waals surface area contributed by atoms with Gasteiger partial charge < -0.3 is 10.1 Å². The summed E-state index contributed by atoms with van der Waals surface area (Å²) < 4.78 is 5.17. The number of ether oxygens (including phenoxy) is 1. The van der Waals surface area contributed by atoms with Crippen molar-refractivity contribution in [2.24, 2.45) is 11.8 Å². The fourth-order valence-electron chi connectivity index (χ4n) is 3.69. The molecule has 0 saturated heterocycles. The van der Waals surface area contributed by atoms with Crippen LogP contribution in [0.5, 0.6) is 5.75 Å². The van der Waals surface area contributed by atoms with E-state index in [1.54, 1.807) is 7.11 Å². The zero-order valence-corrected chi connectivity index (χ0v) is 11.2. The average molecular weight is 245 g/mol. The number of hydrogen-bond acceptors (Lipinski definition) is 2. The molecule has 0 amide bonds. The van der Waals surface area contributed by atoms with E-state index < -0.39 is 0 Å². The molecule has 0 radical (unpaired) electrons. The molecule has 2 nitrogen and oxygen atoms in total. The second kappa shape index (κ2) is 5.31. The highest BCUT2D eigenvalue weighted by molar-refractivity contribution is 5.27. The largest absolute Gasteiger partial charge is 0.497 e. The van der Waals surface area contributed by atoms with Crippen LogP contribution in [-0.4, -0.2) is 19.7 Å². The lowest BCUT2D eigenvalue weighted by Crippen LogP contribution is -2.35. The van der Waals surface area contributed by atoms with Crippen LogP contribution in [0.25, 0.3) is 0 Å². The van der Waals surface area contributed by atoms with E-state index >= 15 is 0 Å². The molecule has 0 aliphatic heterocycles. The molecule has 0 spiro atoms. The first-order valence-corrected chi connectivity index (χ1v) is 7.21. The van der Waals surface area contributed by atoms with E-state index in [-0.39, 0.29) is 0 Å². The van der Waals surface area contributed by atoms with Crippen LogP contribution in [0.15, 0.2) is 24.3 Å². The summed E-state index contributed by atoms with van der Waals surface area (Å²) in [6.07, 6.45) is 6.98. The quantitative estimate of drug-likeness (QED) is 0.861. The van der Waals surface area contributed by atoms with Crippen molar-refractivity contribution in [3.63, 3.8) is 0 Å². The summed E-state index contributed by atoms with van der Waals surface area (Å²) in [6, 6.07) is 9.24. The van der Waals surface area contributed by atoms with Crippen molar-refractivity contribution in [3.8, 4) is 5.75 Å².